The highest BCUT2D eigenvalue weighted by atomic mass is 16.6. The molecule has 0 amide bonds. The van der Waals surface area contributed by atoms with E-state index in [1.165, 1.54) is 0 Å². The maximum atomic E-state index is 9.97. The van der Waals surface area contributed by atoms with Gasteiger partial charge < -0.3 is 10.2 Å². The Hall–Kier alpha value is -1.39. The molecule has 0 atom stereocenters. The first kappa shape index (κ1) is 7.61. The second kappa shape index (κ2) is 2.81. The molecule has 0 bridgehead atoms. The summed E-state index contributed by atoms with van der Waals surface area (Å²) >= 11 is 0. The predicted molar refractivity (Wildman–Crippen MR) is 24.9 cm³/mol. The average Bonchev–Trinajstić information content (AvgIpc) is 1.63. The zero-order valence-corrected chi connectivity index (χ0v) is 4.33. The van der Waals surface area contributed by atoms with Crippen molar-refractivity contribution in [2.24, 2.45) is 0 Å². The van der Waals surface area contributed by atoms with E-state index in [0.29, 0.717) is 0 Å². The summed E-state index contributed by atoms with van der Waals surface area (Å²) in [5.74, 6) is -4.44. The first-order chi connectivity index (χ1) is 4.04. The number of carboxylic acid groups (broad SMARTS) is 2. The molecule has 5 nitrogen and oxygen atoms in total. The smallest absolute Gasteiger partial charge is 0.372 e. The van der Waals surface area contributed by atoms with E-state index in [9.17, 15) is 14.4 Å². The van der Waals surface area contributed by atoms with E-state index < -0.39 is 24.1 Å². The van der Waals surface area contributed by atoms with Gasteiger partial charge in [0, 0.05) is 0 Å². The molecule has 0 aromatic heterocycles. The number of Topliss-reactive ketones (excluding diaryl/α,β-unsaturated/α-hetero) is 1. The summed E-state index contributed by atoms with van der Waals surface area (Å²) in [6.07, 6.45) is -0.949. The van der Waals surface area contributed by atoms with Crippen LogP contribution in [0.15, 0.2) is 0 Å². The summed E-state index contributed by atoms with van der Waals surface area (Å²) in [7, 11) is 0. The Morgan fingerprint density at radius 3 is 2.00 bits per heavy atom. The van der Waals surface area contributed by atoms with E-state index in [-0.39, 0.29) is 0 Å². The van der Waals surface area contributed by atoms with Gasteiger partial charge in [-0.05, 0) is 0 Å². The summed E-state index contributed by atoms with van der Waals surface area (Å²) in [5, 5.41) is 15.7. The highest BCUT2D eigenvalue weighted by molar-refractivity contribution is 6.35. The molecule has 0 heterocycles. The topological polar surface area (TPSA) is 91.7 Å². The molecule has 50 valence electrons. The van der Waals surface area contributed by atoms with Gasteiger partial charge in [-0.25, -0.2) is 4.79 Å². The summed E-state index contributed by atoms with van der Waals surface area (Å²) in [6.45, 7) is 0. The van der Waals surface area contributed by atoms with E-state index >= 15 is 0 Å². The molecule has 0 aliphatic heterocycles. The Morgan fingerprint density at radius 1 is 1.44 bits per heavy atom. The number of hydrogen-bond donors (Lipinski definition) is 2. The summed E-state index contributed by atoms with van der Waals surface area (Å²) in [6, 6.07) is 0. The Labute approximate surface area is 49.9 Å². The summed E-state index contributed by atoms with van der Waals surface area (Å²) < 4.78 is 0. The third-order valence-electron chi connectivity index (χ3n) is 0.550. The second-order valence-corrected chi connectivity index (χ2v) is 1.30. The molecular weight excluding hydrogens is 130 g/mol. The predicted octanol–water partition coefficient (Wildman–Crippen LogP) is -0.885. The molecule has 0 aliphatic rings. The van der Waals surface area contributed by atoms with Crippen molar-refractivity contribution >= 4 is 17.7 Å². The van der Waals surface area contributed by atoms with Gasteiger partial charge in [-0.2, -0.15) is 0 Å². The largest absolute Gasteiger partial charge is 0.481 e. The molecule has 0 unspecified atom stereocenters. The van der Waals surface area contributed by atoms with Crippen LogP contribution >= 0.6 is 0 Å². The van der Waals surface area contributed by atoms with Crippen molar-refractivity contribution < 1.29 is 24.6 Å². The quantitative estimate of drug-likeness (QED) is 0.386. The van der Waals surface area contributed by atoms with Crippen LogP contribution < -0.4 is 0 Å². The van der Waals surface area contributed by atoms with Crippen molar-refractivity contribution in [1.82, 2.24) is 0 Å². The van der Waals surface area contributed by atoms with Crippen LogP contribution in [0.2, 0.25) is 0 Å². The molecule has 0 rings (SSSR count). The number of aliphatic carboxylic acids is 2. The van der Waals surface area contributed by atoms with Gasteiger partial charge in [-0.3, -0.25) is 9.59 Å². The Kier molecular flexibility index (Phi) is 2.37. The van der Waals surface area contributed by atoms with Gasteiger partial charge in [0.05, 0.1) is 0 Å². The molecule has 0 saturated carbocycles. The maximum absolute atomic E-state index is 9.97. The summed E-state index contributed by atoms with van der Waals surface area (Å²) in [5.41, 5.74) is 0. The molecule has 2 N–H and O–H groups in total. The first-order valence-corrected chi connectivity index (χ1v) is 2.02. The van der Waals surface area contributed by atoms with E-state index in [2.05, 4.69) is 0 Å². The van der Waals surface area contributed by atoms with Crippen LogP contribution in [0.1, 0.15) is 6.42 Å². The van der Waals surface area contributed by atoms with Crippen LogP contribution in [-0.4, -0.2) is 27.9 Å². The van der Waals surface area contributed by atoms with Crippen LogP contribution in [0.3, 0.4) is 0 Å². The monoisotopic (exact) mass is 134 g/mol. The molecule has 0 fully saturated rings. The van der Waals surface area contributed by atoms with E-state index in [1.54, 1.807) is 0 Å². The molecule has 0 aromatic carbocycles. The number of carbonyl (C=O) groups is 3. The first-order valence-electron chi connectivity index (χ1n) is 2.02. The Bertz CT molecular complexity index is 158. The number of ketones is 1. The third kappa shape index (κ3) is 3.22. The highest BCUT2D eigenvalue weighted by Crippen LogP contribution is 1.81. The van der Waals surface area contributed by atoms with Gasteiger partial charge in [0.1, 0.15) is 6.42 Å². The second-order valence-electron chi connectivity index (χ2n) is 1.30. The van der Waals surface area contributed by atoms with Crippen molar-refractivity contribution in [2.45, 2.75) is 6.42 Å². The number of carboxylic acids is 2. The standard InChI is InChI=1S/C4H4O5/c5-2(4(8)9)1-3(6)7/h1H2,(H,6,7)(H,8,9)/i3+2. The zero-order chi connectivity index (χ0) is 7.44. The highest BCUT2D eigenvalue weighted by Gasteiger charge is 2.14. The van der Waals surface area contributed by atoms with Crippen LogP contribution in [0.4, 0.5) is 0 Å². The fourth-order valence-corrected chi connectivity index (χ4v) is 0.213. The number of rotatable bonds is 3. The van der Waals surface area contributed by atoms with Crippen LogP contribution in [-0.2, 0) is 14.4 Å². The molecule has 0 saturated heterocycles. The molecule has 0 aromatic rings. The molecular formula is C4H4O5. The van der Waals surface area contributed by atoms with E-state index in [4.69, 9.17) is 10.2 Å². The zero-order valence-electron chi connectivity index (χ0n) is 4.33. The van der Waals surface area contributed by atoms with Crippen LogP contribution in [0.25, 0.3) is 0 Å². The lowest BCUT2D eigenvalue weighted by molar-refractivity contribution is -0.152. The fraction of sp³-hybridized carbons (Fsp3) is 0.250. The Morgan fingerprint density at radius 2 is 1.89 bits per heavy atom. The normalized spacial score (nSPS) is 8.44. The van der Waals surface area contributed by atoms with Gasteiger partial charge in [-0.15, -0.1) is 0 Å². The van der Waals surface area contributed by atoms with Crippen molar-refractivity contribution in [3.63, 3.8) is 0 Å². The Balaban J connectivity index is 3.79. The lowest BCUT2D eigenvalue weighted by Crippen LogP contribution is -2.16. The molecule has 0 radical (unpaired) electrons. The van der Waals surface area contributed by atoms with Crippen molar-refractivity contribution in [2.75, 3.05) is 0 Å². The minimum atomic E-state index is -1.71. The van der Waals surface area contributed by atoms with Gasteiger partial charge in [0.2, 0.25) is 0 Å². The van der Waals surface area contributed by atoms with Crippen molar-refractivity contribution in [1.29, 1.82) is 0 Å². The van der Waals surface area contributed by atoms with Gasteiger partial charge in [-0.1, -0.05) is 0 Å². The SMILES string of the molecule is O=C(O)C(=O)C[14C](=O)O. The minimum absolute atomic E-state index is 0.949. The van der Waals surface area contributed by atoms with Gasteiger partial charge in [0.25, 0.3) is 5.78 Å². The maximum Gasteiger partial charge on any atom is 0.372 e. The van der Waals surface area contributed by atoms with E-state index in [1.807, 2.05) is 0 Å². The molecule has 0 aliphatic carbocycles. The summed E-state index contributed by atoms with van der Waals surface area (Å²) in [4.78, 5) is 29.2. The molecule has 0 spiro atoms. The number of carbonyl (C=O) groups excluding carboxylic acids is 1. The van der Waals surface area contributed by atoms with Gasteiger partial charge >= 0.3 is 11.9 Å². The van der Waals surface area contributed by atoms with Crippen LogP contribution in [0, 0.1) is 0 Å². The lowest BCUT2D eigenvalue weighted by Gasteiger charge is -1.85. The van der Waals surface area contributed by atoms with Crippen molar-refractivity contribution in [3.05, 3.63) is 0 Å². The number of hydrogen-bond acceptors (Lipinski definition) is 3. The van der Waals surface area contributed by atoms with E-state index in [0.717, 1.165) is 0 Å². The average molecular weight is 134 g/mol. The third-order valence-corrected chi connectivity index (χ3v) is 0.550. The molecule has 9 heavy (non-hydrogen) atoms. The fourth-order valence-electron chi connectivity index (χ4n) is 0.213. The molecule has 5 heteroatoms. The minimum Gasteiger partial charge on any atom is -0.481 e. The lowest BCUT2D eigenvalue weighted by atomic mass is 10.4. The van der Waals surface area contributed by atoms with Crippen LogP contribution in [0.5, 0.6) is 0 Å². The van der Waals surface area contributed by atoms with Gasteiger partial charge in [0.15, 0.2) is 0 Å². The van der Waals surface area contributed by atoms with Crippen molar-refractivity contribution in [3.8, 4) is 0 Å².